The Balaban J connectivity index is 1.84. The van der Waals surface area contributed by atoms with Crippen molar-refractivity contribution < 1.29 is 9.84 Å². The van der Waals surface area contributed by atoms with E-state index in [1.807, 2.05) is 0 Å². The summed E-state index contributed by atoms with van der Waals surface area (Å²) in [7, 11) is 0. The van der Waals surface area contributed by atoms with E-state index in [2.05, 4.69) is 12.2 Å². The Morgan fingerprint density at radius 1 is 1.50 bits per heavy atom. The van der Waals surface area contributed by atoms with E-state index in [0.717, 1.165) is 19.6 Å². The molecule has 14 heavy (non-hydrogen) atoms. The fraction of sp³-hybridized carbons (Fsp3) is 1.00. The second-order valence-corrected chi connectivity index (χ2v) is 4.50. The summed E-state index contributed by atoms with van der Waals surface area (Å²) >= 11 is 0. The minimum atomic E-state index is 0.242. The topological polar surface area (TPSA) is 41.5 Å². The van der Waals surface area contributed by atoms with Gasteiger partial charge in [0.05, 0.1) is 12.7 Å². The molecule has 82 valence electrons. The number of ether oxygens (including phenoxy) is 1. The first kappa shape index (κ1) is 10.4. The van der Waals surface area contributed by atoms with E-state index >= 15 is 0 Å². The van der Waals surface area contributed by atoms with Gasteiger partial charge in [0.1, 0.15) is 0 Å². The predicted molar refractivity (Wildman–Crippen MR) is 55.2 cm³/mol. The zero-order valence-corrected chi connectivity index (χ0v) is 8.96. The quantitative estimate of drug-likeness (QED) is 0.691. The molecule has 0 heterocycles. The number of aliphatic hydroxyl groups is 1. The van der Waals surface area contributed by atoms with Gasteiger partial charge < -0.3 is 15.2 Å². The number of hydrogen-bond donors (Lipinski definition) is 2. The van der Waals surface area contributed by atoms with Gasteiger partial charge in [0.2, 0.25) is 0 Å². The average Bonchev–Trinajstić information content (AvgIpc) is 2.07. The largest absolute Gasteiger partial charge is 0.395 e. The molecule has 0 aliphatic heterocycles. The molecule has 2 atom stereocenters. The summed E-state index contributed by atoms with van der Waals surface area (Å²) in [5.41, 5.74) is 0.436. The molecule has 0 aromatic heterocycles. The van der Waals surface area contributed by atoms with Crippen LogP contribution in [-0.2, 0) is 4.74 Å². The van der Waals surface area contributed by atoms with Crippen LogP contribution in [0.3, 0.4) is 0 Å². The molecule has 2 aliphatic rings. The molecular weight excluding hydrogens is 178 g/mol. The molecule has 0 aromatic carbocycles. The third-order valence-corrected chi connectivity index (χ3v) is 3.94. The Bertz CT molecular complexity index is 192. The fourth-order valence-electron chi connectivity index (χ4n) is 2.96. The molecule has 2 rings (SSSR count). The first-order valence-electron chi connectivity index (χ1n) is 5.79. The lowest BCUT2D eigenvalue weighted by Gasteiger charge is -2.61. The van der Waals surface area contributed by atoms with Gasteiger partial charge in [-0.05, 0) is 26.2 Å². The normalized spacial score (nSPS) is 33.9. The number of hydrogen-bond acceptors (Lipinski definition) is 3. The van der Waals surface area contributed by atoms with Crippen molar-refractivity contribution in [2.75, 3.05) is 19.8 Å². The highest BCUT2D eigenvalue weighted by molar-refractivity contribution is 5.11. The Hall–Kier alpha value is -0.120. The fourth-order valence-corrected chi connectivity index (χ4v) is 2.96. The molecule has 1 spiro atoms. The first-order valence-corrected chi connectivity index (χ1v) is 5.79. The Morgan fingerprint density at radius 3 is 2.79 bits per heavy atom. The van der Waals surface area contributed by atoms with Crippen LogP contribution in [0.2, 0.25) is 0 Å². The lowest BCUT2D eigenvalue weighted by atomic mass is 9.51. The van der Waals surface area contributed by atoms with Gasteiger partial charge in [-0.15, -0.1) is 0 Å². The third-order valence-electron chi connectivity index (χ3n) is 3.94. The second-order valence-electron chi connectivity index (χ2n) is 4.50. The van der Waals surface area contributed by atoms with Crippen LogP contribution in [0.4, 0.5) is 0 Å². The lowest BCUT2D eigenvalue weighted by Crippen LogP contribution is -2.67. The van der Waals surface area contributed by atoms with Crippen molar-refractivity contribution in [2.24, 2.45) is 5.41 Å². The molecule has 0 aromatic rings. The van der Waals surface area contributed by atoms with Crippen molar-refractivity contribution in [3.8, 4) is 0 Å². The van der Waals surface area contributed by atoms with Crippen LogP contribution in [-0.4, -0.2) is 37.0 Å². The zero-order chi connectivity index (χ0) is 10.0. The van der Waals surface area contributed by atoms with Crippen molar-refractivity contribution in [1.82, 2.24) is 5.32 Å². The maximum Gasteiger partial charge on any atom is 0.0661 e. The summed E-state index contributed by atoms with van der Waals surface area (Å²) in [5.74, 6) is 0. The lowest BCUT2D eigenvalue weighted by molar-refractivity contribution is -0.172. The Kier molecular flexibility index (Phi) is 3.10. The monoisotopic (exact) mass is 199 g/mol. The van der Waals surface area contributed by atoms with Gasteiger partial charge in [0, 0.05) is 24.6 Å². The number of rotatable bonds is 5. The van der Waals surface area contributed by atoms with E-state index < -0.39 is 0 Å². The highest BCUT2D eigenvalue weighted by Gasteiger charge is 2.58. The maximum absolute atomic E-state index is 8.77. The summed E-state index contributed by atoms with van der Waals surface area (Å²) in [4.78, 5) is 0. The van der Waals surface area contributed by atoms with Crippen molar-refractivity contribution in [3.63, 3.8) is 0 Å². The van der Waals surface area contributed by atoms with E-state index in [0.29, 0.717) is 17.6 Å². The average molecular weight is 199 g/mol. The number of aliphatic hydroxyl groups excluding tert-OH is 1. The maximum atomic E-state index is 8.77. The van der Waals surface area contributed by atoms with Crippen LogP contribution in [0.5, 0.6) is 0 Å². The molecular formula is C11H21NO2. The zero-order valence-electron chi connectivity index (χ0n) is 8.96. The van der Waals surface area contributed by atoms with Crippen LogP contribution in [0.25, 0.3) is 0 Å². The molecule has 0 bridgehead atoms. The molecule has 2 N–H and O–H groups in total. The summed E-state index contributed by atoms with van der Waals surface area (Å²) in [6.07, 6.45) is 5.58. The summed E-state index contributed by atoms with van der Waals surface area (Å²) in [6.45, 7) is 3.87. The minimum absolute atomic E-state index is 0.242. The van der Waals surface area contributed by atoms with Crippen molar-refractivity contribution >= 4 is 0 Å². The van der Waals surface area contributed by atoms with Crippen LogP contribution >= 0.6 is 0 Å². The smallest absolute Gasteiger partial charge is 0.0661 e. The SMILES string of the molecule is CCOC1CC(NCCO)C12CCC2. The van der Waals surface area contributed by atoms with Gasteiger partial charge in [-0.25, -0.2) is 0 Å². The van der Waals surface area contributed by atoms with Crippen molar-refractivity contribution in [1.29, 1.82) is 0 Å². The van der Waals surface area contributed by atoms with Gasteiger partial charge in [0.15, 0.2) is 0 Å². The molecule has 2 aliphatic carbocycles. The molecule has 2 saturated carbocycles. The van der Waals surface area contributed by atoms with E-state index in [4.69, 9.17) is 9.84 Å². The Labute approximate surface area is 85.8 Å². The Morgan fingerprint density at radius 2 is 2.29 bits per heavy atom. The van der Waals surface area contributed by atoms with Crippen molar-refractivity contribution in [3.05, 3.63) is 0 Å². The minimum Gasteiger partial charge on any atom is -0.395 e. The highest BCUT2D eigenvalue weighted by Crippen LogP contribution is 2.57. The standard InChI is InChI=1S/C11H21NO2/c1-2-14-10-8-9(12-6-7-13)11(10)4-3-5-11/h9-10,12-13H,2-8H2,1H3. The summed E-state index contributed by atoms with van der Waals surface area (Å²) < 4.78 is 5.74. The van der Waals surface area contributed by atoms with Crippen LogP contribution in [0, 0.1) is 5.41 Å². The molecule has 0 saturated heterocycles. The molecule has 3 heteroatoms. The van der Waals surface area contributed by atoms with Crippen molar-refractivity contribution in [2.45, 2.75) is 44.8 Å². The second kappa shape index (κ2) is 4.17. The predicted octanol–water partition coefficient (Wildman–Crippen LogP) is 0.916. The molecule has 0 amide bonds. The molecule has 0 radical (unpaired) electrons. The van der Waals surface area contributed by atoms with Gasteiger partial charge >= 0.3 is 0 Å². The van der Waals surface area contributed by atoms with Crippen LogP contribution in [0.15, 0.2) is 0 Å². The van der Waals surface area contributed by atoms with Crippen LogP contribution < -0.4 is 5.32 Å². The highest BCUT2D eigenvalue weighted by atomic mass is 16.5. The third kappa shape index (κ3) is 1.47. The molecule has 3 nitrogen and oxygen atoms in total. The van der Waals surface area contributed by atoms with E-state index in [9.17, 15) is 0 Å². The summed E-state index contributed by atoms with van der Waals surface area (Å²) in [5, 5.41) is 12.2. The van der Waals surface area contributed by atoms with Gasteiger partial charge in [0.25, 0.3) is 0 Å². The molecule has 2 unspecified atom stereocenters. The van der Waals surface area contributed by atoms with Crippen LogP contribution in [0.1, 0.15) is 32.6 Å². The first-order chi connectivity index (χ1) is 6.83. The van der Waals surface area contributed by atoms with E-state index in [1.54, 1.807) is 0 Å². The number of nitrogens with one attached hydrogen (secondary N) is 1. The van der Waals surface area contributed by atoms with Gasteiger partial charge in [-0.3, -0.25) is 0 Å². The summed E-state index contributed by atoms with van der Waals surface area (Å²) in [6, 6.07) is 0.597. The van der Waals surface area contributed by atoms with Gasteiger partial charge in [-0.2, -0.15) is 0 Å². The van der Waals surface area contributed by atoms with E-state index in [1.165, 1.54) is 19.3 Å². The molecule has 2 fully saturated rings. The van der Waals surface area contributed by atoms with E-state index in [-0.39, 0.29) is 6.61 Å². The van der Waals surface area contributed by atoms with Gasteiger partial charge in [-0.1, -0.05) is 6.42 Å².